The highest BCUT2D eigenvalue weighted by Crippen LogP contribution is 2.25. The average molecular weight is 351 g/mol. The van der Waals surface area contributed by atoms with Crippen molar-refractivity contribution < 1.29 is 4.74 Å². The van der Waals surface area contributed by atoms with E-state index in [1.165, 1.54) is 6.42 Å². The van der Waals surface area contributed by atoms with Gasteiger partial charge in [-0.3, -0.25) is 4.90 Å². The lowest BCUT2D eigenvalue weighted by Gasteiger charge is -2.41. The highest BCUT2D eigenvalue weighted by Gasteiger charge is 2.28. The largest absolute Gasteiger partial charge is 0.379 e. The van der Waals surface area contributed by atoms with Crippen LogP contribution in [0.25, 0.3) is 0 Å². The van der Waals surface area contributed by atoms with Gasteiger partial charge in [0.15, 0.2) is 0 Å². The molecule has 6 heteroatoms. The lowest BCUT2D eigenvalue weighted by molar-refractivity contribution is 0.0137. The Morgan fingerprint density at radius 2 is 2.14 bits per heavy atom. The third kappa shape index (κ3) is 3.37. The molecule has 112 valence electrons. The second kappa shape index (κ2) is 6.73. The fourth-order valence-electron chi connectivity index (χ4n) is 3.15. The zero-order valence-corrected chi connectivity index (χ0v) is 13.5. The van der Waals surface area contributed by atoms with E-state index in [4.69, 9.17) is 4.74 Å². The zero-order valence-electron chi connectivity index (χ0n) is 12.0. The number of hydrogen-bond acceptors (Lipinski definition) is 5. The molecule has 0 spiro atoms. The van der Waals surface area contributed by atoms with E-state index in [9.17, 15) is 5.26 Å². The lowest BCUT2D eigenvalue weighted by atomic mass is 10.0. The zero-order chi connectivity index (χ0) is 14.7. The van der Waals surface area contributed by atoms with Crippen molar-refractivity contribution in [3.05, 3.63) is 22.3 Å². The molecule has 0 aliphatic carbocycles. The van der Waals surface area contributed by atoms with E-state index < -0.39 is 0 Å². The molecule has 1 aromatic rings. The highest BCUT2D eigenvalue weighted by atomic mass is 79.9. The molecule has 0 saturated carbocycles. The van der Waals surface area contributed by atoms with Gasteiger partial charge in [0.25, 0.3) is 0 Å². The van der Waals surface area contributed by atoms with Gasteiger partial charge in [0.2, 0.25) is 0 Å². The van der Waals surface area contributed by atoms with Crippen molar-refractivity contribution >= 4 is 21.7 Å². The SMILES string of the molecule is N#Cc1cc(Br)cnc1N1CCCC(N2CCOCC2)C1. The second-order valence-electron chi connectivity index (χ2n) is 5.53. The smallest absolute Gasteiger partial charge is 0.146 e. The van der Waals surface area contributed by atoms with Crippen molar-refractivity contribution in [3.8, 4) is 6.07 Å². The lowest BCUT2D eigenvalue weighted by Crippen LogP contribution is -2.51. The van der Waals surface area contributed by atoms with Crippen LogP contribution in [0, 0.1) is 11.3 Å². The number of morpholine rings is 1. The van der Waals surface area contributed by atoms with E-state index in [1.807, 2.05) is 6.07 Å². The molecule has 0 amide bonds. The molecule has 1 aromatic heterocycles. The molecule has 0 aromatic carbocycles. The molecule has 5 nitrogen and oxygen atoms in total. The number of aromatic nitrogens is 1. The normalized spacial score (nSPS) is 23.8. The number of anilines is 1. The van der Waals surface area contributed by atoms with Crippen LogP contribution in [0.15, 0.2) is 16.7 Å². The highest BCUT2D eigenvalue weighted by molar-refractivity contribution is 9.10. The minimum absolute atomic E-state index is 0.541. The number of ether oxygens (including phenoxy) is 1. The molecule has 3 heterocycles. The fraction of sp³-hybridized carbons (Fsp3) is 0.600. The van der Waals surface area contributed by atoms with Gasteiger partial charge >= 0.3 is 0 Å². The number of hydrogen-bond donors (Lipinski definition) is 0. The summed E-state index contributed by atoms with van der Waals surface area (Å²) >= 11 is 3.38. The summed E-state index contributed by atoms with van der Waals surface area (Å²) in [5.41, 5.74) is 0.645. The first-order valence-electron chi connectivity index (χ1n) is 7.40. The van der Waals surface area contributed by atoms with E-state index >= 15 is 0 Å². The van der Waals surface area contributed by atoms with Gasteiger partial charge in [-0.15, -0.1) is 0 Å². The predicted molar refractivity (Wildman–Crippen MR) is 84.3 cm³/mol. The van der Waals surface area contributed by atoms with Gasteiger partial charge in [-0.05, 0) is 34.8 Å². The minimum atomic E-state index is 0.541. The summed E-state index contributed by atoms with van der Waals surface area (Å²) in [6, 6.07) is 4.65. The Kier molecular flexibility index (Phi) is 4.73. The van der Waals surface area contributed by atoms with E-state index in [0.29, 0.717) is 11.6 Å². The van der Waals surface area contributed by atoms with E-state index in [0.717, 1.165) is 56.1 Å². The Bertz CT molecular complexity index is 539. The maximum absolute atomic E-state index is 9.32. The number of nitriles is 1. The molecule has 2 aliphatic rings. The van der Waals surface area contributed by atoms with Crippen LogP contribution in [0.2, 0.25) is 0 Å². The van der Waals surface area contributed by atoms with Crippen molar-refractivity contribution in [2.24, 2.45) is 0 Å². The third-order valence-electron chi connectivity index (χ3n) is 4.21. The van der Waals surface area contributed by atoms with Gasteiger partial charge in [-0.25, -0.2) is 4.98 Å². The molecule has 0 radical (unpaired) electrons. The average Bonchev–Trinajstić information content (AvgIpc) is 2.55. The number of pyridine rings is 1. The van der Waals surface area contributed by atoms with Crippen molar-refractivity contribution in [1.29, 1.82) is 5.26 Å². The Morgan fingerprint density at radius 1 is 1.33 bits per heavy atom. The molecule has 2 saturated heterocycles. The van der Waals surface area contributed by atoms with E-state index in [2.05, 4.69) is 36.8 Å². The van der Waals surface area contributed by atoms with Crippen LogP contribution < -0.4 is 4.90 Å². The Morgan fingerprint density at radius 3 is 2.90 bits per heavy atom. The van der Waals surface area contributed by atoms with E-state index in [-0.39, 0.29) is 0 Å². The van der Waals surface area contributed by atoms with Gasteiger partial charge in [0.05, 0.1) is 18.8 Å². The molecule has 0 bridgehead atoms. The summed E-state index contributed by atoms with van der Waals surface area (Å²) in [5, 5.41) is 9.32. The van der Waals surface area contributed by atoms with Crippen molar-refractivity contribution in [2.75, 3.05) is 44.3 Å². The summed E-state index contributed by atoms with van der Waals surface area (Å²) in [6.45, 7) is 5.61. The molecule has 1 unspecified atom stereocenters. The molecule has 2 aliphatic heterocycles. The molecule has 0 N–H and O–H groups in total. The maximum atomic E-state index is 9.32. The first-order valence-corrected chi connectivity index (χ1v) is 8.19. The van der Waals surface area contributed by atoms with Crippen molar-refractivity contribution in [1.82, 2.24) is 9.88 Å². The second-order valence-corrected chi connectivity index (χ2v) is 6.44. The summed E-state index contributed by atoms with van der Waals surface area (Å²) in [5.74, 6) is 0.818. The monoisotopic (exact) mass is 350 g/mol. The summed E-state index contributed by atoms with van der Waals surface area (Å²) in [6.07, 6.45) is 4.13. The summed E-state index contributed by atoms with van der Waals surface area (Å²) in [7, 11) is 0. The molecular formula is C15H19BrN4O. The predicted octanol–water partition coefficient (Wildman–Crippen LogP) is 2.02. The number of halogens is 1. The first kappa shape index (κ1) is 14.8. The van der Waals surface area contributed by atoms with Gasteiger partial charge in [0, 0.05) is 42.9 Å². The maximum Gasteiger partial charge on any atom is 0.146 e. The summed E-state index contributed by atoms with van der Waals surface area (Å²) < 4.78 is 6.29. The molecular weight excluding hydrogens is 332 g/mol. The fourth-order valence-corrected chi connectivity index (χ4v) is 3.49. The Labute approximate surface area is 133 Å². The molecule has 3 rings (SSSR count). The topological polar surface area (TPSA) is 52.4 Å². The number of rotatable bonds is 2. The van der Waals surface area contributed by atoms with Crippen LogP contribution in [0.3, 0.4) is 0 Å². The standard InChI is InChI=1S/C15H19BrN4O/c16-13-8-12(9-17)15(18-10-13)20-3-1-2-14(11-20)19-4-6-21-7-5-19/h8,10,14H,1-7,11H2. The van der Waals surface area contributed by atoms with Crippen LogP contribution in [0.1, 0.15) is 18.4 Å². The molecule has 2 fully saturated rings. The van der Waals surface area contributed by atoms with Crippen LogP contribution in [-0.4, -0.2) is 55.3 Å². The number of nitrogens with zero attached hydrogens (tertiary/aromatic N) is 4. The van der Waals surface area contributed by atoms with E-state index in [1.54, 1.807) is 6.20 Å². The van der Waals surface area contributed by atoms with Crippen molar-refractivity contribution in [2.45, 2.75) is 18.9 Å². The van der Waals surface area contributed by atoms with Crippen LogP contribution in [-0.2, 0) is 4.74 Å². The third-order valence-corrected chi connectivity index (χ3v) is 4.65. The van der Waals surface area contributed by atoms with Crippen LogP contribution in [0.4, 0.5) is 5.82 Å². The first-order chi connectivity index (χ1) is 10.3. The van der Waals surface area contributed by atoms with Gasteiger partial charge in [-0.1, -0.05) is 0 Å². The van der Waals surface area contributed by atoms with Crippen LogP contribution >= 0.6 is 15.9 Å². The Balaban J connectivity index is 1.75. The van der Waals surface area contributed by atoms with Crippen LogP contribution in [0.5, 0.6) is 0 Å². The summed E-state index contributed by atoms with van der Waals surface area (Å²) in [4.78, 5) is 9.24. The molecule has 21 heavy (non-hydrogen) atoms. The van der Waals surface area contributed by atoms with Gasteiger partial charge in [0.1, 0.15) is 11.9 Å². The molecule has 1 atom stereocenters. The van der Waals surface area contributed by atoms with Crippen molar-refractivity contribution in [3.63, 3.8) is 0 Å². The van der Waals surface area contributed by atoms with Gasteiger partial charge in [-0.2, -0.15) is 5.26 Å². The number of piperidine rings is 1. The van der Waals surface area contributed by atoms with Gasteiger partial charge < -0.3 is 9.64 Å². The quantitative estimate of drug-likeness (QED) is 0.816. The Hall–Kier alpha value is -1.16. The minimum Gasteiger partial charge on any atom is -0.379 e.